The summed E-state index contributed by atoms with van der Waals surface area (Å²) in [7, 11) is 0. The Kier molecular flexibility index (Phi) is 6.28. The summed E-state index contributed by atoms with van der Waals surface area (Å²) >= 11 is 0. The second-order valence-electron chi connectivity index (χ2n) is 5.11. The fourth-order valence-electron chi connectivity index (χ4n) is 2.34. The van der Waals surface area contributed by atoms with E-state index < -0.39 is 0 Å². The standard InChI is InChI=1S/C18H23NO/c20-15-18(14-17-10-5-2-6-11-17)19-13-7-12-16-8-3-1-4-9-16/h1-6,8-11,18-20H,7,12-15H2/t18-/m1/s1. The fourth-order valence-corrected chi connectivity index (χ4v) is 2.34. The molecule has 0 saturated carbocycles. The van der Waals surface area contributed by atoms with Gasteiger partial charge in [0.1, 0.15) is 0 Å². The van der Waals surface area contributed by atoms with E-state index in [1.807, 2.05) is 24.3 Å². The van der Waals surface area contributed by atoms with Gasteiger partial charge >= 0.3 is 0 Å². The minimum Gasteiger partial charge on any atom is -0.395 e. The Balaban J connectivity index is 1.69. The van der Waals surface area contributed by atoms with Crippen LogP contribution in [0.5, 0.6) is 0 Å². The molecule has 0 spiro atoms. The molecular weight excluding hydrogens is 246 g/mol. The average Bonchev–Trinajstić information content (AvgIpc) is 2.52. The van der Waals surface area contributed by atoms with E-state index in [9.17, 15) is 5.11 Å². The summed E-state index contributed by atoms with van der Waals surface area (Å²) in [6.07, 6.45) is 3.05. The third-order valence-corrected chi connectivity index (χ3v) is 3.46. The molecule has 20 heavy (non-hydrogen) atoms. The first-order valence-electron chi connectivity index (χ1n) is 7.30. The lowest BCUT2D eigenvalue weighted by Crippen LogP contribution is -2.35. The zero-order valence-electron chi connectivity index (χ0n) is 11.8. The summed E-state index contributed by atoms with van der Waals surface area (Å²) in [5.41, 5.74) is 2.64. The molecule has 0 aliphatic carbocycles. The summed E-state index contributed by atoms with van der Waals surface area (Å²) in [5, 5.41) is 12.9. The normalized spacial score (nSPS) is 12.2. The lowest BCUT2D eigenvalue weighted by molar-refractivity contribution is 0.241. The van der Waals surface area contributed by atoms with Crippen LogP contribution in [-0.2, 0) is 12.8 Å². The van der Waals surface area contributed by atoms with E-state index in [1.165, 1.54) is 11.1 Å². The molecule has 106 valence electrons. The summed E-state index contributed by atoms with van der Waals surface area (Å²) in [6.45, 7) is 1.12. The smallest absolute Gasteiger partial charge is 0.0587 e. The molecule has 0 unspecified atom stereocenters. The van der Waals surface area contributed by atoms with Crippen molar-refractivity contribution in [2.75, 3.05) is 13.2 Å². The lowest BCUT2D eigenvalue weighted by atomic mass is 10.1. The fraction of sp³-hybridized carbons (Fsp3) is 0.333. The summed E-state index contributed by atoms with van der Waals surface area (Å²) in [5.74, 6) is 0. The SMILES string of the molecule is OC[C@@H](Cc1ccccc1)NCCCc1ccccc1. The average molecular weight is 269 g/mol. The van der Waals surface area contributed by atoms with Crippen LogP contribution in [0.3, 0.4) is 0 Å². The Hall–Kier alpha value is -1.64. The van der Waals surface area contributed by atoms with Crippen molar-refractivity contribution in [3.8, 4) is 0 Å². The third kappa shape index (κ3) is 5.16. The quantitative estimate of drug-likeness (QED) is 0.722. The largest absolute Gasteiger partial charge is 0.395 e. The zero-order valence-corrected chi connectivity index (χ0v) is 11.8. The van der Waals surface area contributed by atoms with Crippen LogP contribution in [0.15, 0.2) is 60.7 Å². The number of nitrogens with one attached hydrogen (secondary N) is 1. The predicted octanol–water partition coefficient (Wildman–Crippen LogP) is 2.81. The molecule has 2 heteroatoms. The number of hydrogen-bond donors (Lipinski definition) is 2. The summed E-state index contributed by atoms with van der Waals surface area (Å²) in [4.78, 5) is 0. The van der Waals surface area contributed by atoms with E-state index in [-0.39, 0.29) is 12.6 Å². The van der Waals surface area contributed by atoms with Crippen LogP contribution >= 0.6 is 0 Å². The van der Waals surface area contributed by atoms with Gasteiger partial charge in [-0.2, -0.15) is 0 Å². The van der Waals surface area contributed by atoms with Crippen molar-refractivity contribution < 1.29 is 5.11 Å². The Morgan fingerprint density at radius 1 is 0.850 bits per heavy atom. The van der Waals surface area contributed by atoms with Gasteiger partial charge in [0, 0.05) is 6.04 Å². The van der Waals surface area contributed by atoms with Crippen molar-refractivity contribution >= 4 is 0 Å². The van der Waals surface area contributed by atoms with Gasteiger partial charge in [0.05, 0.1) is 6.61 Å². The molecule has 0 radical (unpaired) electrons. The van der Waals surface area contributed by atoms with Crippen molar-refractivity contribution in [2.24, 2.45) is 0 Å². The molecule has 2 aromatic rings. The maximum atomic E-state index is 9.44. The van der Waals surface area contributed by atoms with Gasteiger partial charge in [-0.05, 0) is 36.9 Å². The molecule has 2 nitrogen and oxygen atoms in total. The lowest BCUT2D eigenvalue weighted by Gasteiger charge is -2.16. The number of aryl methyl sites for hydroxylation is 1. The molecule has 2 rings (SSSR count). The second-order valence-corrected chi connectivity index (χ2v) is 5.11. The first kappa shape index (κ1) is 14.8. The van der Waals surface area contributed by atoms with Gasteiger partial charge in [0.15, 0.2) is 0 Å². The second kappa shape index (κ2) is 8.51. The van der Waals surface area contributed by atoms with Crippen molar-refractivity contribution in [2.45, 2.75) is 25.3 Å². The molecule has 2 aromatic carbocycles. The predicted molar refractivity (Wildman–Crippen MR) is 83.8 cm³/mol. The molecule has 0 aliphatic heterocycles. The van der Waals surface area contributed by atoms with Crippen LogP contribution in [0.25, 0.3) is 0 Å². The minimum atomic E-state index is 0.146. The highest BCUT2D eigenvalue weighted by molar-refractivity contribution is 5.16. The molecule has 0 amide bonds. The third-order valence-electron chi connectivity index (χ3n) is 3.46. The molecule has 0 heterocycles. The maximum absolute atomic E-state index is 9.44. The Bertz CT molecular complexity index is 469. The minimum absolute atomic E-state index is 0.146. The monoisotopic (exact) mass is 269 g/mol. The van der Waals surface area contributed by atoms with E-state index >= 15 is 0 Å². The molecular formula is C18H23NO. The Morgan fingerprint density at radius 3 is 2.05 bits per heavy atom. The van der Waals surface area contributed by atoms with Gasteiger partial charge in [-0.25, -0.2) is 0 Å². The van der Waals surface area contributed by atoms with Crippen molar-refractivity contribution in [1.29, 1.82) is 0 Å². The van der Waals surface area contributed by atoms with Crippen LogP contribution in [-0.4, -0.2) is 24.3 Å². The first-order valence-corrected chi connectivity index (χ1v) is 7.30. The number of aliphatic hydroxyl groups excluding tert-OH is 1. The maximum Gasteiger partial charge on any atom is 0.0587 e. The molecule has 0 bridgehead atoms. The molecule has 0 aromatic heterocycles. The first-order chi connectivity index (χ1) is 9.88. The number of hydrogen-bond acceptors (Lipinski definition) is 2. The molecule has 1 atom stereocenters. The highest BCUT2D eigenvalue weighted by atomic mass is 16.3. The van der Waals surface area contributed by atoms with Gasteiger partial charge in [-0.1, -0.05) is 60.7 Å². The highest BCUT2D eigenvalue weighted by Crippen LogP contribution is 2.04. The zero-order chi connectivity index (χ0) is 14.0. The number of aliphatic hydroxyl groups is 1. The van der Waals surface area contributed by atoms with E-state index in [0.717, 1.165) is 25.8 Å². The van der Waals surface area contributed by atoms with Crippen LogP contribution in [0.1, 0.15) is 17.5 Å². The Morgan fingerprint density at radius 2 is 1.45 bits per heavy atom. The van der Waals surface area contributed by atoms with Gasteiger partial charge in [-0.15, -0.1) is 0 Å². The van der Waals surface area contributed by atoms with E-state index in [0.29, 0.717) is 0 Å². The van der Waals surface area contributed by atoms with Gasteiger partial charge in [-0.3, -0.25) is 0 Å². The summed E-state index contributed by atoms with van der Waals surface area (Å²) < 4.78 is 0. The van der Waals surface area contributed by atoms with Crippen LogP contribution in [0, 0.1) is 0 Å². The molecule has 0 aliphatic rings. The van der Waals surface area contributed by atoms with E-state index in [2.05, 4.69) is 41.7 Å². The molecule has 0 saturated heterocycles. The van der Waals surface area contributed by atoms with Gasteiger partial charge in [0.2, 0.25) is 0 Å². The van der Waals surface area contributed by atoms with Gasteiger partial charge in [0.25, 0.3) is 0 Å². The number of rotatable bonds is 8. The van der Waals surface area contributed by atoms with Gasteiger partial charge < -0.3 is 10.4 Å². The summed E-state index contributed by atoms with van der Waals surface area (Å²) in [6, 6.07) is 21.0. The van der Waals surface area contributed by atoms with Crippen molar-refractivity contribution in [3.05, 3.63) is 71.8 Å². The Labute approximate surface area is 121 Å². The van der Waals surface area contributed by atoms with Crippen LogP contribution < -0.4 is 5.32 Å². The highest BCUT2D eigenvalue weighted by Gasteiger charge is 2.07. The topological polar surface area (TPSA) is 32.3 Å². The van der Waals surface area contributed by atoms with Crippen molar-refractivity contribution in [3.63, 3.8) is 0 Å². The molecule has 2 N–H and O–H groups in total. The van der Waals surface area contributed by atoms with E-state index in [1.54, 1.807) is 0 Å². The molecule has 0 fully saturated rings. The van der Waals surface area contributed by atoms with Crippen LogP contribution in [0.4, 0.5) is 0 Å². The number of benzene rings is 2. The van der Waals surface area contributed by atoms with Crippen molar-refractivity contribution in [1.82, 2.24) is 5.32 Å². The van der Waals surface area contributed by atoms with E-state index in [4.69, 9.17) is 0 Å². The van der Waals surface area contributed by atoms with Crippen LogP contribution in [0.2, 0.25) is 0 Å².